The molecule has 5 nitrogen and oxygen atoms in total. The van der Waals surface area contributed by atoms with Gasteiger partial charge >= 0.3 is 0 Å². The van der Waals surface area contributed by atoms with Gasteiger partial charge in [-0.25, -0.2) is 0 Å². The Kier molecular flexibility index (Phi) is 4.04. The summed E-state index contributed by atoms with van der Waals surface area (Å²) in [5.74, 6) is 1.50. The Labute approximate surface area is 154 Å². The van der Waals surface area contributed by atoms with Crippen LogP contribution in [0, 0.1) is 11.8 Å². The Morgan fingerprint density at radius 2 is 2.00 bits per heavy atom. The Balaban J connectivity index is 1.29. The van der Waals surface area contributed by atoms with E-state index in [9.17, 15) is 4.79 Å². The highest BCUT2D eigenvalue weighted by Crippen LogP contribution is 2.31. The third-order valence-electron chi connectivity index (χ3n) is 6.21. The van der Waals surface area contributed by atoms with E-state index in [4.69, 9.17) is 0 Å². The van der Waals surface area contributed by atoms with E-state index >= 15 is 0 Å². The number of amides is 1. The lowest BCUT2D eigenvalue weighted by Gasteiger charge is -2.44. The van der Waals surface area contributed by atoms with Gasteiger partial charge in [0.05, 0.1) is 6.20 Å². The fourth-order valence-corrected chi connectivity index (χ4v) is 4.40. The van der Waals surface area contributed by atoms with Crippen molar-refractivity contribution in [2.45, 2.75) is 38.3 Å². The summed E-state index contributed by atoms with van der Waals surface area (Å²) in [6, 6.07) is 8.24. The Bertz CT molecular complexity index is 802. The molecule has 5 heteroatoms. The molecule has 2 bridgehead atoms. The van der Waals surface area contributed by atoms with Crippen LogP contribution in [-0.4, -0.2) is 46.3 Å². The van der Waals surface area contributed by atoms with Crippen LogP contribution in [0.4, 0.5) is 0 Å². The van der Waals surface area contributed by atoms with E-state index in [1.54, 1.807) is 0 Å². The summed E-state index contributed by atoms with van der Waals surface area (Å²) in [5.41, 5.74) is 2.89. The number of nitrogens with one attached hydrogen (secondary N) is 1. The van der Waals surface area contributed by atoms with Gasteiger partial charge in [0.25, 0.3) is 5.91 Å². The molecule has 4 fully saturated rings. The summed E-state index contributed by atoms with van der Waals surface area (Å²) >= 11 is 0. The summed E-state index contributed by atoms with van der Waals surface area (Å²) in [5, 5.41) is 7.76. The quantitative estimate of drug-likeness (QED) is 0.902. The van der Waals surface area contributed by atoms with Crippen LogP contribution in [0.2, 0.25) is 0 Å². The van der Waals surface area contributed by atoms with Gasteiger partial charge in [0.15, 0.2) is 0 Å². The smallest absolute Gasteiger partial charge is 0.251 e. The molecular formula is C21H26N4O. The molecule has 3 aliphatic heterocycles. The molecule has 3 saturated heterocycles. The van der Waals surface area contributed by atoms with Gasteiger partial charge in [0.1, 0.15) is 0 Å². The first-order valence-electron chi connectivity index (χ1n) is 9.91. The van der Waals surface area contributed by atoms with E-state index < -0.39 is 0 Å². The minimum atomic E-state index is 0.0518. The lowest BCUT2D eigenvalue weighted by Crippen LogP contribution is -2.57. The number of carbonyl (C=O) groups excluding carboxylic acids is 1. The number of carbonyl (C=O) groups is 1. The van der Waals surface area contributed by atoms with E-state index in [-0.39, 0.29) is 5.91 Å². The number of nitrogens with zero attached hydrogens (tertiary/aromatic N) is 3. The Morgan fingerprint density at radius 3 is 2.73 bits per heavy atom. The molecule has 1 aromatic heterocycles. The standard InChI is InChI=1S/C21H26N4O/c26-21(23-20-14-24-8-6-16(20)7-9-24)18-3-1-2-17(10-18)19-11-22-25(13-19)12-15-4-5-15/h1-3,10-11,13,15-16,20H,4-9,12,14H2,(H,23,26)/t20-/m0/s1. The molecule has 0 unspecified atom stereocenters. The summed E-state index contributed by atoms with van der Waals surface area (Å²) in [7, 11) is 0. The SMILES string of the molecule is O=C(N[C@H]1CN2CCC1CC2)c1cccc(-c2cnn(CC3CC3)c2)c1. The maximum Gasteiger partial charge on any atom is 0.251 e. The van der Waals surface area contributed by atoms with E-state index in [0.717, 1.165) is 35.7 Å². The molecule has 4 aliphatic rings. The molecule has 1 N–H and O–H groups in total. The number of hydrogen-bond donors (Lipinski definition) is 1. The van der Waals surface area contributed by atoms with Gasteiger partial charge in [0, 0.05) is 36.5 Å². The van der Waals surface area contributed by atoms with Crippen molar-refractivity contribution in [3.63, 3.8) is 0 Å². The normalized spacial score (nSPS) is 27.5. The molecule has 0 radical (unpaired) electrons. The van der Waals surface area contributed by atoms with Crippen LogP contribution < -0.4 is 5.32 Å². The highest BCUT2D eigenvalue weighted by atomic mass is 16.1. The zero-order valence-corrected chi connectivity index (χ0v) is 15.1. The molecular weight excluding hydrogens is 324 g/mol. The Hall–Kier alpha value is -2.14. The molecule has 0 spiro atoms. The first-order chi connectivity index (χ1) is 12.7. The Morgan fingerprint density at radius 1 is 1.15 bits per heavy atom. The zero-order chi connectivity index (χ0) is 17.5. The van der Waals surface area contributed by atoms with Gasteiger partial charge in [-0.15, -0.1) is 0 Å². The number of rotatable bonds is 5. The second-order valence-electron chi connectivity index (χ2n) is 8.19. The molecule has 1 amide bonds. The number of aromatic nitrogens is 2. The largest absolute Gasteiger partial charge is 0.348 e. The number of piperidine rings is 3. The number of benzene rings is 1. The van der Waals surface area contributed by atoms with Gasteiger partial charge in [0.2, 0.25) is 0 Å². The highest BCUT2D eigenvalue weighted by molar-refractivity contribution is 5.95. The van der Waals surface area contributed by atoms with Gasteiger partial charge in [-0.2, -0.15) is 5.10 Å². The van der Waals surface area contributed by atoms with Crippen LogP contribution in [0.15, 0.2) is 36.7 Å². The first-order valence-corrected chi connectivity index (χ1v) is 9.91. The zero-order valence-electron chi connectivity index (χ0n) is 15.1. The summed E-state index contributed by atoms with van der Waals surface area (Å²) < 4.78 is 2.03. The van der Waals surface area contributed by atoms with Crippen LogP contribution in [0.3, 0.4) is 0 Å². The third-order valence-corrected chi connectivity index (χ3v) is 6.21. The molecule has 6 rings (SSSR count). The molecule has 2 aromatic rings. The average Bonchev–Trinajstić information content (AvgIpc) is 3.37. The first kappa shape index (κ1) is 16.1. The fourth-order valence-electron chi connectivity index (χ4n) is 4.40. The molecule has 26 heavy (non-hydrogen) atoms. The highest BCUT2D eigenvalue weighted by Gasteiger charge is 2.34. The maximum absolute atomic E-state index is 12.8. The molecule has 1 aliphatic carbocycles. The lowest BCUT2D eigenvalue weighted by atomic mass is 9.84. The van der Waals surface area contributed by atoms with Crippen molar-refractivity contribution < 1.29 is 4.79 Å². The van der Waals surface area contributed by atoms with Crippen molar-refractivity contribution in [3.05, 3.63) is 42.2 Å². The summed E-state index contributed by atoms with van der Waals surface area (Å²) in [6.07, 6.45) is 9.08. The van der Waals surface area contributed by atoms with Crippen LogP contribution in [0.25, 0.3) is 11.1 Å². The van der Waals surface area contributed by atoms with Gasteiger partial charge in [-0.1, -0.05) is 12.1 Å². The molecule has 1 saturated carbocycles. The minimum Gasteiger partial charge on any atom is -0.348 e. The van der Waals surface area contributed by atoms with Crippen molar-refractivity contribution in [2.75, 3.05) is 19.6 Å². The van der Waals surface area contributed by atoms with Crippen molar-refractivity contribution in [2.24, 2.45) is 11.8 Å². The second kappa shape index (κ2) is 6.54. The van der Waals surface area contributed by atoms with E-state index in [2.05, 4.69) is 27.6 Å². The van der Waals surface area contributed by atoms with E-state index in [0.29, 0.717) is 12.0 Å². The van der Waals surface area contributed by atoms with Crippen LogP contribution >= 0.6 is 0 Å². The minimum absolute atomic E-state index is 0.0518. The monoisotopic (exact) mass is 350 g/mol. The molecule has 1 atom stereocenters. The van der Waals surface area contributed by atoms with E-state index in [1.807, 2.05) is 29.1 Å². The van der Waals surface area contributed by atoms with Crippen molar-refractivity contribution in [1.29, 1.82) is 0 Å². The van der Waals surface area contributed by atoms with Crippen molar-refractivity contribution >= 4 is 5.91 Å². The number of fused-ring (bicyclic) bond motifs is 3. The van der Waals surface area contributed by atoms with E-state index in [1.165, 1.54) is 38.8 Å². The van der Waals surface area contributed by atoms with Gasteiger partial charge in [-0.3, -0.25) is 9.48 Å². The molecule has 1 aromatic carbocycles. The van der Waals surface area contributed by atoms with Crippen LogP contribution in [0.5, 0.6) is 0 Å². The molecule has 136 valence electrons. The second-order valence-corrected chi connectivity index (χ2v) is 8.19. The summed E-state index contributed by atoms with van der Waals surface area (Å²) in [6.45, 7) is 4.40. The fraction of sp³-hybridized carbons (Fsp3) is 0.524. The predicted octanol–water partition coefficient (Wildman–Crippen LogP) is 2.78. The predicted molar refractivity (Wildman–Crippen MR) is 101 cm³/mol. The molecule has 4 heterocycles. The van der Waals surface area contributed by atoms with Gasteiger partial charge < -0.3 is 10.2 Å². The third kappa shape index (κ3) is 3.28. The average molecular weight is 350 g/mol. The summed E-state index contributed by atoms with van der Waals surface area (Å²) in [4.78, 5) is 15.2. The number of hydrogen-bond acceptors (Lipinski definition) is 3. The van der Waals surface area contributed by atoms with Crippen molar-refractivity contribution in [3.8, 4) is 11.1 Å². The lowest BCUT2D eigenvalue weighted by molar-refractivity contribution is 0.0620. The van der Waals surface area contributed by atoms with Gasteiger partial charge in [-0.05, 0) is 68.3 Å². The van der Waals surface area contributed by atoms with Crippen molar-refractivity contribution in [1.82, 2.24) is 20.0 Å². The maximum atomic E-state index is 12.8. The van der Waals surface area contributed by atoms with Crippen LogP contribution in [-0.2, 0) is 6.54 Å². The van der Waals surface area contributed by atoms with Crippen LogP contribution in [0.1, 0.15) is 36.0 Å². The topological polar surface area (TPSA) is 50.2 Å².